The Hall–Kier alpha value is -2.99. The second-order valence-corrected chi connectivity index (χ2v) is 6.32. The van der Waals surface area contributed by atoms with Crippen LogP contribution in [-0.2, 0) is 17.9 Å². The Bertz CT molecular complexity index is 776. The van der Waals surface area contributed by atoms with Crippen molar-refractivity contribution in [2.45, 2.75) is 20.0 Å². The third kappa shape index (κ3) is 6.34. The highest BCUT2D eigenvalue weighted by Gasteiger charge is 2.14. The number of furan rings is 2. The van der Waals surface area contributed by atoms with Crippen molar-refractivity contribution >= 4 is 5.91 Å². The highest BCUT2D eigenvalue weighted by atomic mass is 16.5. The van der Waals surface area contributed by atoms with E-state index in [4.69, 9.17) is 13.6 Å². The van der Waals surface area contributed by atoms with Gasteiger partial charge in [0.05, 0.1) is 38.7 Å². The van der Waals surface area contributed by atoms with Crippen molar-refractivity contribution < 1.29 is 18.4 Å². The molecule has 0 spiro atoms. The maximum atomic E-state index is 12.3. The fourth-order valence-corrected chi connectivity index (χ4v) is 2.74. The van der Waals surface area contributed by atoms with Crippen LogP contribution in [0, 0.1) is 6.92 Å². The molecule has 0 aliphatic carbocycles. The number of aryl methyl sites for hydroxylation is 1. The maximum Gasteiger partial charge on any atom is 0.234 e. The summed E-state index contributed by atoms with van der Waals surface area (Å²) in [6.45, 7) is 4.18. The number of ether oxygens (including phenoxy) is 1. The number of nitrogens with zero attached hydrogens (tertiary/aromatic N) is 1. The number of nitrogens with one attached hydrogen (secondary N) is 1. The molecule has 0 atom stereocenters. The van der Waals surface area contributed by atoms with Crippen LogP contribution in [-0.4, -0.2) is 30.5 Å². The molecule has 2 aromatic heterocycles. The zero-order chi connectivity index (χ0) is 18.9. The molecule has 0 unspecified atom stereocenters. The van der Waals surface area contributed by atoms with Crippen molar-refractivity contribution in [3.63, 3.8) is 0 Å². The van der Waals surface area contributed by atoms with Crippen LogP contribution < -0.4 is 10.1 Å². The van der Waals surface area contributed by atoms with E-state index in [1.165, 1.54) is 0 Å². The van der Waals surface area contributed by atoms with Crippen LogP contribution in [0.15, 0.2) is 69.9 Å². The molecule has 27 heavy (non-hydrogen) atoms. The molecule has 2 heterocycles. The molecule has 1 aromatic carbocycles. The van der Waals surface area contributed by atoms with Gasteiger partial charge in [-0.25, -0.2) is 0 Å². The average molecular weight is 368 g/mol. The van der Waals surface area contributed by atoms with Gasteiger partial charge >= 0.3 is 0 Å². The Morgan fingerprint density at radius 2 is 1.74 bits per heavy atom. The monoisotopic (exact) mass is 368 g/mol. The summed E-state index contributed by atoms with van der Waals surface area (Å²) < 4.78 is 16.5. The summed E-state index contributed by atoms with van der Waals surface area (Å²) in [5.74, 6) is 2.34. The number of amides is 1. The van der Waals surface area contributed by atoms with E-state index in [2.05, 4.69) is 5.32 Å². The Labute approximate surface area is 158 Å². The molecule has 3 aromatic rings. The summed E-state index contributed by atoms with van der Waals surface area (Å²) in [4.78, 5) is 14.3. The molecule has 0 saturated carbocycles. The third-order valence-corrected chi connectivity index (χ3v) is 3.97. The molecule has 6 nitrogen and oxygen atoms in total. The van der Waals surface area contributed by atoms with Crippen molar-refractivity contribution in [1.82, 2.24) is 10.2 Å². The van der Waals surface area contributed by atoms with E-state index in [1.54, 1.807) is 12.5 Å². The van der Waals surface area contributed by atoms with Gasteiger partial charge in [-0.05, 0) is 48.9 Å². The van der Waals surface area contributed by atoms with Crippen LogP contribution >= 0.6 is 0 Å². The van der Waals surface area contributed by atoms with E-state index in [9.17, 15) is 4.79 Å². The molecule has 3 rings (SSSR count). The van der Waals surface area contributed by atoms with Gasteiger partial charge in [0.15, 0.2) is 0 Å². The average Bonchev–Trinajstić information content (AvgIpc) is 3.33. The van der Waals surface area contributed by atoms with Crippen LogP contribution in [0.25, 0.3) is 0 Å². The highest BCUT2D eigenvalue weighted by molar-refractivity contribution is 5.77. The number of hydrogen-bond acceptors (Lipinski definition) is 5. The Kier molecular flexibility index (Phi) is 6.71. The van der Waals surface area contributed by atoms with Gasteiger partial charge in [-0.2, -0.15) is 0 Å². The first kappa shape index (κ1) is 18.8. The molecule has 6 heteroatoms. The first-order valence-electron chi connectivity index (χ1n) is 8.92. The number of rotatable bonds is 10. The summed E-state index contributed by atoms with van der Waals surface area (Å²) in [6, 6.07) is 15.3. The Morgan fingerprint density at radius 1 is 1.04 bits per heavy atom. The lowest BCUT2D eigenvalue weighted by atomic mass is 10.2. The van der Waals surface area contributed by atoms with Crippen LogP contribution in [0.2, 0.25) is 0 Å². The Morgan fingerprint density at radius 3 is 2.33 bits per heavy atom. The van der Waals surface area contributed by atoms with Gasteiger partial charge in [0.25, 0.3) is 0 Å². The maximum absolute atomic E-state index is 12.3. The topological polar surface area (TPSA) is 67.8 Å². The van der Waals surface area contributed by atoms with Gasteiger partial charge in [-0.3, -0.25) is 9.69 Å². The predicted octanol–water partition coefficient (Wildman–Crippen LogP) is 3.38. The second-order valence-electron chi connectivity index (χ2n) is 6.32. The van der Waals surface area contributed by atoms with Crippen molar-refractivity contribution in [2.75, 3.05) is 19.7 Å². The van der Waals surface area contributed by atoms with Gasteiger partial charge in [0.1, 0.15) is 23.9 Å². The van der Waals surface area contributed by atoms with Gasteiger partial charge < -0.3 is 18.9 Å². The molecule has 142 valence electrons. The molecule has 1 amide bonds. The van der Waals surface area contributed by atoms with Crippen LogP contribution in [0.5, 0.6) is 5.75 Å². The van der Waals surface area contributed by atoms with Gasteiger partial charge in [-0.1, -0.05) is 12.1 Å². The highest BCUT2D eigenvalue weighted by Crippen LogP contribution is 2.12. The minimum atomic E-state index is -0.0686. The molecule has 0 bridgehead atoms. The molecule has 0 radical (unpaired) electrons. The van der Waals surface area contributed by atoms with Crippen molar-refractivity contribution in [3.05, 3.63) is 78.1 Å². The second kappa shape index (κ2) is 9.64. The third-order valence-electron chi connectivity index (χ3n) is 3.97. The van der Waals surface area contributed by atoms with Gasteiger partial charge in [0, 0.05) is 0 Å². The molecular formula is C21H24N2O4. The van der Waals surface area contributed by atoms with E-state index in [0.29, 0.717) is 26.2 Å². The number of carbonyl (C=O) groups excluding carboxylic acids is 1. The lowest BCUT2D eigenvalue weighted by Crippen LogP contribution is -2.38. The van der Waals surface area contributed by atoms with Gasteiger partial charge in [-0.15, -0.1) is 0 Å². The van der Waals surface area contributed by atoms with E-state index in [-0.39, 0.29) is 12.5 Å². The van der Waals surface area contributed by atoms with Crippen LogP contribution in [0.4, 0.5) is 0 Å². The van der Waals surface area contributed by atoms with Crippen LogP contribution in [0.3, 0.4) is 0 Å². The lowest BCUT2D eigenvalue weighted by Gasteiger charge is -2.19. The van der Waals surface area contributed by atoms with E-state index in [1.807, 2.05) is 60.4 Å². The predicted molar refractivity (Wildman–Crippen MR) is 101 cm³/mol. The lowest BCUT2D eigenvalue weighted by molar-refractivity contribution is -0.122. The molecule has 0 aliphatic heterocycles. The minimum absolute atomic E-state index is 0.0686. The summed E-state index contributed by atoms with van der Waals surface area (Å²) >= 11 is 0. The summed E-state index contributed by atoms with van der Waals surface area (Å²) in [5, 5.41) is 2.89. The minimum Gasteiger partial charge on any atom is -0.492 e. The molecular weight excluding hydrogens is 344 g/mol. The SMILES string of the molecule is Cc1cccc(OCCNC(=O)CN(Cc2ccco2)Cc2ccco2)c1. The van der Waals surface area contributed by atoms with Gasteiger partial charge in [0.2, 0.25) is 5.91 Å². The van der Waals surface area contributed by atoms with E-state index >= 15 is 0 Å². The molecule has 0 saturated heterocycles. The number of hydrogen-bond donors (Lipinski definition) is 1. The Balaban J connectivity index is 1.45. The first-order valence-corrected chi connectivity index (χ1v) is 8.92. The van der Waals surface area contributed by atoms with Crippen LogP contribution in [0.1, 0.15) is 17.1 Å². The number of benzene rings is 1. The normalized spacial score (nSPS) is 10.9. The van der Waals surface area contributed by atoms with Crippen molar-refractivity contribution in [2.24, 2.45) is 0 Å². The summed E-state index contributed by atoms with van der Waals surface area (Å²) in [7, 11) is 0. The zero-order valence-corrected chi connectivity index (χ0v) is 15.4. The smallest absolute Gasteiger partial charge is 0.234 e. The van der Waals surface area contributed by atoms with Crippen molar-refractivity contribution in [3.8, 4) is 5.75 Å². The largest absolute Gasteiger partial charge is 0.492 e. The molecule has 0 aliphatic rings. The standard InChI is InChI=1S/C21H24N2O4/c1-17-5-2-6-18(13-17)27-12-9-22-21(24)16-23(14-19-7-3-10-25-19)15-20-8-4-11-26-20/h2-8,10-11,13H,9,12,14-16H2,1H3,(H,22,24). The molecule has 0 fully saturated rings. The fourth-order valence-electron chi connectivity index (χ4n) is 2.74. The quantitative estimate of drug-likeness (QED) is 0.556. The van der Waals surface area contributed by atoms with E-state index < -0.39 is 0 Å². The first-order chi connectivity index (χ1) is 13.2. The van der Waals surface area contributed by atoms with E-state index in [0.717, 1.165) is 22.8 Å². The number of carbonyl (C=O) groups is 1. The van der Waals surface area contributed by atoms with Crippen molar-refractivity contribution in [1.29, 1.82) is 0 Å². The zero-order valence-electron chi connectivity index (χ0n) is 15.4. The molecule has 1 N–H and O–H groups in total. The fraction of sp³-hybridized carbons (Fsp3) is 0.286. The summed E-state index contributed by atoms with van der Waals surface area (Å²) in [6.07, 6.45) is 3.26. The summed E-state index contributed by atoms with van der Waals surface area (Å²) in [5.41, 5.74) is 1.14.